The van der Waals surface area contributed by atoms with Gasteiger partial charge in [-0.1, -0.05) is 23.2 Å². The number of ether oxygens (including phenoxy) is 1. The number of anilines is 1. The lowest BCUT2D eigenvalue weighted by molar-refractivity contribution is -0.116. The van der Waals surface area contributed by atoms with Crippen LogP contribution in [-0.2, 0) is 11.3 Å². The Morgan fingerprint density at radius 1 is 1.15 bits per heavy atom. The van der Waals surface area contributed by atoms with E-state index in [2.05, 4.69) is 10.3 Å². The summed E-state index contributed by atoms with van der Waals surface area (Å²) < 4.78 is 6.32. The molecule has 0 aliphatic rings. The number of amides is 1. The topological polar surface area (TPSA) is 73.2 Å². The minimum atomic E-state index is -0.402. The SMILES string of the molecule is COc1ccc(-c2cc(=O)n(CC(=O)Nc3ccc(Cl)cc3Cl)cn2)cc1. The molecule has 0 aliphatic carbocycles. The average Bonchev–Trinajstić information content (AvgIpc) is 2.66. The van der Waals surface area contributed by atoms with Crippen LogP contribution in [0.5, 0.6) is 5.75 Å². The molecule has 27 heavy (non-hydrogen) atoms. The van der Waals surface area contributed by atoms with Crippen molar-refractivity contribution in [3.8, 4) is 17.0 Å². The Morgan fingerprint density at radius 3 is 2.52 bits per heavy atom. The second-order valence-electron chi connectivity index (χ2n) is 5.64. The molecule has 6 nitrogen and oxygen atoms in total. The number of hydrogen-bond acceptors (Lipinski definition) is 4. The summed E-state index contributed by atoms with van der Waals surface area (Å²) in [5.74, 6) is 0.310. The van der Waals surface area contributed by atoms with Crippen molar-refractivity contribution in [3.63, 3.8) is 0 Å². The molecule has 0 fully saturated rings. The van der Waals surface area contributed by atoms with Gasteiger partial charge in [0, 0.05) is 16.7 Å². The minimum Gasteiger partial charge on any atom is -0.497 e. The van der Waals surface area contributed by atoms with Gasteiger partial charge in [-0.25, -0.2) is 4.98 Å². The fraction of sp³-hybridized carbons (Fsp3) is 0.105. The Balaban J connectivity index is 1.73. The number of nitrogens with one attached hydrogen (secondary N) is 1. The van der Waals surface area contributed by atoms with Gasteiger partial charge in [-0.15, -0.1) is 0 Å². The van der Waals surface area contributed by atoms with Crippen molar-refractivity contribution >= 4 is 34.8 Å². The molecule has 1 N–H and O–H groups in total. The molecule has 3 aromatic rings. The van der Waals surface area contributed by atoms with Crippen LogP contribution in [0.3, 0.4) is 0 Å². The van der Waals surface area contributed by atoms with Gasteiger partial charge in [0.05, 0.1) is 29.8 Å². The van der Waals surface area contributed by atoms with Crippen LogP contribution >= 0.6 is 23.2 Å². The van der Waals surface area contributed by atoms with Crippen LogP contribution in [0.1, 0.15) is 0 Å². The fourth-order valence-corrected chi connectivity index (χ4v) is 2.86. The summed E-state index contributed by atoms with van der Waals surface area (Å²) in [6.45, 7) is -0.187. The number of halogens is 2. The van der Waals surface area contributed by atoms with Crippen LogP contribution in [0, 0.1) is 0 Å². The Bertz CT molecular complexity index is 1030. The molecule has 0 bridgehead atoms. The first-order valence-electron chi connectivity index (χ1n) is 7.92. The lowest BCUT2D eigenvalue weighted by atomic mass is 10.1. The van der Waals surface area contributed by atoms with Crippen molar-refractivity contribution in [3.05, 3.63) is 75.3 Å². The standard InChI is InChI=1S/C19H15Cl2N3O3/c1-27-14-5-2-12(3-6-14)17-9-19(26)24(11-22-17)10-18(25)23-16-7-4-13(20)8-15(16)21/h2-9,11H,10H2,1H3,(H,23,25). The zero-order chi connectivity index (χ0) is 19.4. The van der Waals surface area contributed by atoms with E-state index in [4.69, 9.17) is 27.9 Å². The van der Waals surface area contributed by atoms with E-state index < -0.39 is 5.91 Å². The summed E-state index contributed by atoms with van der Waals surface area (Å²) in [5, 5.41) is 3.42. The van der Waals surface area contributed by atoms with Crippen molar-refractivity contribution in [2.75, 3.05) is 12.4 Å². The van der Waals surface area contributed by atoms with Gasteiger partial charge in [0.1, 0.15) is 12.3 Å². The van der Waals surface area contributed by atoms with Gasteiger partial charge in [-0.05, 0) is 42.5 Å². The van der Waals surface area contributed by atoms with Gasteiger partial charge in [-0.2, -0.15) is 0 Å². The molecular formula is C19H15Cl2N3O3. The molecular weight excluding hydrogens is 389 g/mol. The summed E-state index contributed by atoms with van der Waals surface area (Å²) >= 11 is 11.9. The van der Waals surface area contributed by atoms with Crippen LogP contribution in [-0.4, -0.2) is 22.6 Å². The molecule has 0 saturated carbocycles. The van der Waals surface area contributed by atoms with Crippen LogP contribution in [0.4, 0.5) is 5.69 Å². The molecule has 8 heteroatoms. The van der Waals surface area contributed by atoms with E-state index in [1.54, 1.807) is 43.5 Å². The number of aromatic nitrogens is 2. The normalized spacial score (nSPS) is 10.5. The quantitative estimate of drug-likeness (QED) is 0.701. The maximum absolute atomic E-state index is 12.3. The highest BCUT2D eigenvalue weighted by Gasteiger charge is 2.10. The summed E-state index contributed by atoms with van der Waals surface area (Å²) in [5.41, 5.74) is 1.37. The van der Waals surface area contributed by atoms with Gasteiger partial charge in [0.25, 0.3) is 5.56 Å². The van der Waals surface area contributed by atoms with Crippen molar-refractivity contribution < 1.29 is 9.53 Å². The summed E-state index contributed by atoms with van der Waals surface area (Å²) in [7, 11) is 1.58. The zero-order valence-corrected chi connectivity index (χ0v) is 15.8. The number of nitrogens with zero attached hydrogens (tertiary/aromatic N) is 2. The highest BCUT2D eigenvalue weighted by molar-refractivity contribution is 6.36. The highest BCUT2D eigenvalue weighted by atomic mass is 35.5. The smallest absolute Gasteiger partial charge is 0.254 e. The Labute approximate surface area is 165 Å². The predicted molar refractivity (Wildman–Crippen MR) is 106 cm³/mol. The number of rotatable bonds is 5. The van der Waals surface area contributed by atoms with Crippen molar-refractivity contribution in [1.82, 2.24) is 9.55 Å². The molecule has 1 amide bonds. The Hall–Kier alpha value is -2.83. The third-order valence-corrected chi connectivity index (χ3v) is 4.33. The molecule has 0 saturated heterocycles. The van der Waals surface area contributed by atoms with E-state index in [9.17, 15) is 9.59 Å². The lowest BCUT2D eigenvalue weighted by Crippen LogP contribution is -2.27. The first-order valence-corrected chi connectivity index (χ1v) is 8.67. The molecule has 138 valence electrons. The fourth-order valence-electron chi connectivity index (χ4n) is 2.40. The third kappa shape index (κ3) is 4.67. The Morgan fingerprint density at radius 2 is 1.89 bits per heavy atom. The third-order valence-electron chi connectivity index (χ3n) is 3.78. The first kappa shape index (κ1) is 18.9. The lowest BCUT2D eigenvalue weighted by Gasteiger charge is -2.09. The second kappa shape index (κ2) is 8.24. The molecule has 2 aromatic carbocycles. The molecule has 0 unspecified atom stereocenters. The number of carbonyl (C=O) groups excluding carboxylic acids is 1. The first-order chi connectivity index (χ1) is 13.0. The predicted octanol–water partition coefficient (Wildman–Crippen LogP) is 3.86. The number of methoxy groups -OCH3 is 1. The molecule has 3 rings (SSSR count). The van der Waals surface area contributed by atoms with Crippen molar-refractivity contribution in [2.45, 2.75) is 6.54 Å². The summed E-state index contributed by atoms with van der Waals surface area (Å²) in [6.07, 6.45) is 1.34. The molecule has 0 aliphatic heterocycles. The van der Waals surface area contributed by atoms with Crippen LogP contribution in [0.2, 0.25) is 10.0 Å². The van der Waals surface area contributed by atoms with Gasteiger partial charge < -0.3 is 10.1 Å². The maximum Gasteiger partial charge on any atom is 0.254 e. The van der Waals surface area contributed by atoms with Crippen LogP contribution in [0.15, 0.2) is 59.7 Å². The average molecular weight is 404 g/mol. The maximum atomic E-state index is 12.3. The molecule has 0 radical (unpaired) electrons. The summed E-state index contributed by atoms with van der Waals surface area (Å²) in [4.78, 5) is 28.8. The van der Waals surface area contributed by atoms with Crippen molar-refractivity contribution in [1.29, 1.82) is 0 Å². The van der Waals surface area contributed by atoms with Crippen molar-refractivity contribution in [2.24, 2.45) is 0 Å². The van der Waals surface area contributed by atoms with E-state index in [1.165, 1.54) is 23.0 Å². The second-order valence-corrected chi connectivity index (χ2v) is 6.48. The van der Waals surface area contributed by atoms with E-state index in [1.807, 2.05) is 0 Å². The summed E-state index contributed by atoms with van der Waals surface area (Å²) in [6, 6.07) is 13.3. The van der Waals surface area contributed by atoms with E-state index in [-0.39, 0.29) is 12.1 Å². The van der Waals surface area contributed by atoms with Gasteiger partial charge >= 0.3 is 0 Å². The molecule has 0 spiro atoms. The Kier molecular flexibility index (Phi) is 5.78. The largest absolute Gasteiger partial charge is 0.497 e. The monoisotopic (exact) mass is 403 g/mol. The number of carbonyl (C=O) groups is 1. The van der Waals surface area contributed by atoms with Gasteiger partial charge in [0.15, 0.2) is 0 Å². The van der Waals surface area contributed by atoms with E-state index in [0.717, 1.165) is 5.56 Å². The molecule has 1 heterocycles. The van der Waals surface area contributed by atoms with Crippen LogP contribution in [0.25, 0.3) is 11.3 Å². The van der Waals surface area contributed by atoms with E-state index >= 15 is 0 Å². The minimum absolute atomic E-state index is 0.187. The zero-order valence-electron chi connectivity index (χ0n) is 14.3. The highest BCUT2D eigenvalue weighted by Crippen LogP contribution is 2.25. The van der Waals surface area contributed by atoms with E-state index in [0.29, 0.717) is 27.2 Å². The number of benzene rings is 2. The molecule has 1 aromatic heterocycles. The van der Waals surface area contributed by atoms with Gasteiger partial charge in [0.2, 0.25) is 5.91 Å². The van der Waals surface area contributed by atoms with Crippen LogP contribution < -0.4 is 15.6 Å². The molecule has 0 atom stereocenters. The van der Waals surface area contributed by atoms with Gasteiger partial charge in [-0.3, -0.25) is 14.2 Å². The number of hydrogen-bond donors (Lipinski definition) is 1.